The molecule has 27 heavy (non-hydrogen) atoms. The summed E-state index contributed by atoms with van der Waals surface area (Å²) < 4.78 is 25.2. The highest BCUT2D eigenvalue weighted by Gasteiger charge is 2.37. The Morgan fingerprint density at radius 1 is 0.889 bits per heavy atom. The van der Waals surface area contributed by atoms with Gasteiger partial charge < -0.3 is 9.05 Å². The van der Waals surface area contributed by atoms with Gasteiger partial charge in [0.2, 0.25) is 0 Å². The Morgan fingerprint density at radius 2 is 1.52 bits per heavy atom. The Balaban J connectivity index is 2.13. The van der Waals surface area contributed by atoms with Crippen molar-refractivity contribution in [2.75, 3.05) is 13.2 Å². The zero-order valence-electron chi connectivity index (χ0n) is 15.6. The van der Waals surface area contributed by atoms with Gasteiger partial charge in [-0.2, -0.15) is 0 Å². The molecule has 5 heteroatoms. The summed E-state index contributed by atoms with van der Waals surface area (Å²) >= 11 is 6.03. The van der Waals surface area contributed by atoms with Gasteiger partial charge in [-0.25, -0.2) is 0 Å². The van der Waals surface area contributed by atoms with E-state index < -0.39 is 13.3 Å². The largest absolute Gasteiger partial charge is 0.338 e. The third kappa shape index (κ3) is 4.62. The molecule has 0 saturated carbocycles. The van der Waals surface area contributed by atoms with Crippen LogP contribution >= 0.6 is 19.2 Å². The normalized spacial score (nSPS) is 13.0. The quantitative estimate of drug-likeness (QED) is 0.379. The minimum atomic E-state index is -3.37. The topological polar surface area (TPSA) is 35.5 Å². The molecule has 3 aromatic carbocycles. The second-order valence-corrected chi connectivity index (χ2v) is 8.95. The Bertz CT molecular complexity index is 924. The summed E-state index contributed by atoms with van der Waals surface area (Å²) in [6.45, 7) is 4.35. The highest BCUT2D eigenvalue weighted by atomic mass is 35.5. The van der Waals surface area contributed by atoms with Crippen LogP contribution in [0.2, 0.25) is 5.02 Å². The summed E-state index contributed by atoms with van der Waals surface area (Å²) in [4.78, 5) is 0. The van der Waals surface area contributed by atoms with Crippen LogP contribution in [0.25, 0.3) is 10.8 Å². The average molecular weight is 403 g/mol. The van der Waals surface area contributed by atoms with Crippen LogP contribution in [0, 0.1) is 0 Å². The highest BCUT2D eigenvalue weighted by Crippen LogP contribution is 2.62. The Morgan fingerprint density at radius 3 is 2.19 bits per heavy atom. The Labute approximate surface area is 165 Å². The van der Waals surface area contributed by atoms with Crippen LogP contribution in [0.5, 0.6) is 0 Å². The second-order valence-electron chi connectivity index (χ2n) is 6.29. The van der Waals surface area contributed by atoms with Crippen LogP contribution in [0.1, 0.15) is 30.6 Å². The molecule has 1 atom stereocenters. The van der Waals surface area contributed by atoms with Crippen LogP contribution in [0.15, 0.2) is 66.7 Å². The number of benzene rings is 3. The fourth-order valence-electron chi connectivity index (χ4n) is 3.35. The molecule has 3 nitrogen and oxygen atoms in total. The van der Waals surface area contributed by atoms with Crippen molar-refractivity contribution in [1.82, 2.24) is 0 Å². The van der Waals surface area contributed by atoms with E-state index >= 15 is 0 Å². The smallest absolute Gasteiger partial charge is 0.308 e. The van der Waals surface area contributed by atoms with Crippen molar-refractivity contribution in [3.05, 3.63) is 82.9 Å². The van der Waals surface area contributed by atoms with E-state index in [1.54, 1.807) is 0 Å². The van der Waals surface area contributed by atoms with Crippen molar-refractivity contribution in [1.29, 1.82) is 0 Å². The van der Waals surface area contributed by atoms with E-state index in [9.17, 15) is 4.57 Å². The second kappa shape index (κ2) is 9.03. The number of hydrogen-bond acceptors (Lipinski definition) is 3. The molecular formula is C22H24ClO3P. The zero-order valence-corrected chi connectivity index (χ0v) is 17.2. The molecule has 1 unspecified atom stereocenters. The lowest BCUT2D eigenvalue weighted by Gasteiger charge is -2.28. The number of fused-ring (bicyclic) bond motifs is 1. The zero-order chi connectivity index (χ0) is 19.3. The van der Waals surface area contributed by atoms with E-state index in [2.05, 4.69) is 18.2 Å². The van der Waals surface area contributed by atoms with Crippen molar-refractivity contribution in [2.45, 2.75) is 25.9 Å². The molecule has 142 valence electrons. The molecule has 0 aliphatic rings. The molecule has 0 radical (unpaired) electrons. The van der Waals surface area contributed by atoms with Crippen molar-refractivity contribution >= 4 is 30.0 Å². The van der Waals surface area contributed by atoms with Crippen molar-refractivity contribution in [3.8, 4) is 0 Å². The van der Waals surface area contributed by atoms with Crippen LogP contribution < -0.4 is 0 Å². The predicted molar refractivity (Wildman–Crippen MR) is 113 cm³/mol. The fourth-order valence-corrected chi connectivity index (χ4v) is 5.63. The maximum atomic E-state index is 13.8. The minimum absolute atomic E-state index is 0.333. The molecule has 3 aromatic rings. The average Bonchev–Trinajstić information content (AvgIpc) is 2.67. The molecule has 0 aromatic heterocycles. The van der Waals surface area contributed by atoms with Crippen LogP contribution in [-0.4, -0.2) is 13.2 Å². The van der Waals surface area contributed by atoms with Gasteiger partial charge in [-0.15, -0.1) is 0 Å². The molecule has 0 amide bonds. The first-order valence-corrected chi connectivity index (χ1v) is 11.2. The number of rotatable bonds is 8. The minimum Gasteiger partial charge on any atom is -0.308 e. The Hall–Kier alpha value is -1.64. The van der Waals surface area contributed by atoms with Crippen molar-refractivity contribution in [2.24, 2.45) is 0 Å². The van der Waals surface area contributed by atoms with E-state index in [4.69, 9.17) is 20.6 Å². The van der Waals surface area contributed by atoms with Gasteiger partial charge in [0.25, 0.3) is 0 Å². The first-order chi connectivity index (χ1) is 13.1. The third-order valence-corrected chi connectivity index (χ3v) is 7.24. The molecule has 0 N–H and O–H groups in total. The van der Waals surface area contributed by atoms with Gasteiger partial charge in [0.1, 0.15) is 0 Å². The fraction of sp³-hybridized carbons (Fsp3) is 0.273. The third-order valence-electron chi connectivity index (χ3n) is 4.52. The van der Waals surface area contributed by atoms with E-state index in [-0.39, 0.29) is 0 Å². The van der Waals surface area contributed by atoms with Crippen molar-refractivity contribution < 1.29 is 13.6 Å². The van der Waals surface area contributed by atoms with Crippen LogP contribution in [0.4, 0.5) is 0 Å². The van der Waals surface area contributed by atoms with E-state index in [1.807, 2.05) is 62.4 Å². The SMILES string of the molecule is CCOP(=O)(OCC)C(Cc1ccc(Cl)cc1)c1cccc2ccccc12. The summed E-state index contributed by atoms with van der Waals surface area (Å²) in [7, 11) is -3.37. The molecule has 0 heterocycles. The summed E-state index contributed by atoms with van der Waals surface area (Å²) in [6, 6.07) is 21.8. The van der Waals surface area contributed by atoms with Gasteiger partial charge in [-0.05, 0) is 54.3 Å². The molecule has 0 aliphatic heterocycles. The monoisotopic (exact) mass is 402 g/mol. The number of halogens is 1. The van der Waals surface area contributed by atoms with Crippen LogP contribution in [0.3, 0.4) is 0 Å². The summed E-state index contributed by atoms with van der Waals surface area (Å²) in [5, 5.41) is 2.85. The van der Waals surface area contributed by atoms with Gasteiger partial charge in [-0.1, -0.05) is 66.2 Å². The maximum absolute atomic E-state index is 13.8. The lowest BCUT2D eigenvalue weighted by molar-refractivity contribution is 0.212. The molecule has 0 fully saturated rings. The summed E-state index contributed by atoms with van der Waals surface area (Å²) in [6.07, 6.45) is 0.544. The lowest BCUT2D eigenvalue weighted by atomic mass is 9.98. The van der Waals surface area contributed by atoms with Gasteiger partial charge in [-0.3, -0.25) is 4.57 Å². The van der Waals surface area contributed by atoms with Gasteiger partial charge in [0, 0.05) is 5.02 Å². The lowest BCUT2D eigenvalue weighted by Crippen LogP contribution is -2.10. The molecule has 0 spiro atoms. The molecule has 0 aliphatic carbocycles. The predicted octanol–water partition coefficient (Wildman–Crippen LogP) is 7.04. The van der Waals surface area contributed by atoms with Crippen molar-refractivity contribution in [3.63, 3.8) is 0 Å². The summed E-state index contributed by atoms with van der Waals surface area (Å²) in [5.41, 5.74) is 1.62. The van der Waals surface area contributed by atoms with Crippen LogP contribution in [-0.2, 0) is 20.0 Å². The number of hydrogen-bond donors (Lipinski definition) is 0. The standard InChI is InChI=1S/C22H24ClO3P/c1-3-25-27(24,26-4-2)22(16-17-12-14-19(23)15-13-17)21-11-7-9-18-8-5-6-10-20(18)21/h5-15,22H,3-4,16H2,1-2H3. The Kier molecular flexibility index (Phi) is 6.73. The van der Waals surface area contributed by atoms with E-state index in [0.717, 1.165) is 21.9 Å². The molecule has 0 saturated heterocycles. The first-order valence-electron chi connectivity index (χ1n) is 9.18. The molecule has 0 bridgehead atoms. The molecule has 3 rings (SSSR count). The highest BCUT2D eigenvalue weighted by molar-refractivity contribution is 7.54. The van der Waals surface area contributed by atoms with E-state index in [0.29, 0.717) is 24.7 Å². The van der Waals surface area contributed by atoms with E-state index in [1.165, 1.54) is 0 Å². The maximum Gasteiger partial charge on any atom is 0.338 e. The van der Waals surface area contributed by atoms with Gasteiger partial charge >= 0.3 is 7.60 Å². The first kappa shape index (κ1) is 20.1. The van der Waals surface area contributed by atoms with Gasteiger partial charge in [0.05, 0.1) is 18.9 Å². The van der Waals surface area contributed by atoms with Gasteiger partial charge in [0.15, 0.2) is 0 Å². The summed E-state index contributed by atoms with van der Waals surface area (Å²) in [5.74, 6) is 0. The molecular weight excluding hydrogens is 379 g/mol.